The molecule has 0 amide bonds. The lowest BCUT2D eigenvalue weighted by Crippen LogP contribution is -2.28. The molecule has 0 N–H and O–H groups in total. The van der Waals surface area contributed by atoms with Crippen LogP contribution in [-0.4, -0.2) is 36.7 Å². The minimum absolute atomic E-state index is 0.196. The SMILES string of the molecule is CCOC(=O)C(CCCOc1cc2ccccc2cc1-c1nc2cc(Cl)ccc2o1)C(=O)OCC. The average molecular weight is 496 g/mol. The second kappa shape index (κ2) is 11.2. The maximum atomic E-state index is 12.2. The van der Waals surface area contributed by atoms with Crippen molar-refractivity contribution in [3.63, 3.8) is 0 Å². The van der Waals surface area contributed by atoms with Crippen LogP contribution >= 0.6 is 11.6 Å². The predicted molar refractivity (Wildman–Crippen MR) is 133 cm³/mol. The lowest BCUT2D eigenvalue weighted by molar-refractivity contribution is -0.162. The first-order valence-corrected chi connectivity index (χ1v) is 11.9. The van der Waals surface area contributed by atoms with Crippen LogP contribution in [0.3, 0.4) is 0 Å². The molecule has 4 aromatic rings. The molecule has 0 bridgehead atoms. The Morgan fingerprint density at radius 1 is 0.971 bits per heavy atom. The summed E-state index contributed by atoms with van der Waals surface area (Å²) in [5, 5.41) is 2.59. The van der Waals surface area contributed by atoms with Crippen molar-refractivity contribution in [1.82, 2.24) is 4.98 Å². The van der Waals surface area contributed by atoms with E-state index in [1.54, 1.807) is 32.0 Å². The zero-order valence-electron chi connectivity index (χ0n) is 19.6. The molecule has 35 heavy (non-hydrogen) atoms. The van der Waals surface area contributed by atoms with E-state index in [1.165, 1.54) is 0 Å². The molecule has 0 saturated heterocycles. The van der Waals surface area contributed by atoms with Crippen LogP contribution in [0.5, 0.6) is 5.75 Å². The van der Waals surface area contributed by atoms with Gasteiger partial charge in [-0.1, -0.05) is 35.9 Å². The van der Waals surface area contributed by atoms with E-state index in [0.717, 1.165) is 10.8 Å². The first-order valence-electron chi connectivity index (χ1n) is 11.6. The van der Waals surface area contributed by atoms with Gasteiger partial charge in [0.1, 0.15) is 11.3 Å². The quantitative estimate of drug-likeness (QED) is 0.147. The van der Waals surface area contributed by atoms with E-state index in [2.05, 4.69) is 4.98 Å². The molecule has 1 heterocycles. The number of carbonyl (C=O) groups excluding carboxylic acids is 2. The van der Waals surface area contributed by atoms with Crippen LogP contribution in [-0.2, 0) is 19.1 Å². The van der Waals surface area contributed by atoms with E-state index in [4.69, 9.17) is 30.2 Å². The van der Waals surface area contributed by atoms with Crippen molar-refractivity contribution in [3.8, 4) is 17.2 Å². The Balaban J connectivity index is 1.56. The highest BCUT2D eigenvalue weighted by Crippen LogP contribution is 2.36. The molecule has 0 saturated carbocycles. The van der Waals surface area contributed by atoms with Gasteiger partial charge in [0.15, 0.2) is 11.5 Å². The highest BCUT2D eigenvalue weighted by atomic mass is 35.5. The largest absolute Gasteiger partial charge is 0.493 e. The molecular weight excluding hydrogens is 470 g/mol. The summed E-state index contributed by atoms with van der Waals surface area (Å²) in [6.07, 6.45) is 0.694. The number of ether oxygens (including phenoxy) is 3. The highest BCUT2D eigenvalue weighted by Gasteiger charge is 2.29. The standard InChI is InChI=1S/C27H26ClNO6/c1-3-32-26(30)20(27(31)33-4-2)10-7-13-34-24-15-18-9-6-5-8-17(18)14-21(24)25-29-22-16-19(28)11-12-23(22)35-25/h5-6,8-9,11-12,14-16,20H,3-4,7,10,13H2,1-2H3. The zero-order valence-corrected chi connectivity index (χ0v) is 20.3. The lowest BCUT2D eigenvalue weighted by Gasteiger charge is -2.15. The third kappa shape index (κ3) is 5.74. The van der Waals surface area contributed by atoms with Crippen molar-refractivity contribution in [2.75, 3.05) is 19.8 Å². The van der Waals surface area contributed by atoms with Crippen LogP contribution in [0.4, 0.5) is 0 Å². The maximum absolute atomic E-state index is 12.2. The van der Waals surface area contributed by atoms with Crippen LogP contribution < -0.4 is 4.74 Å². The van der Waals surface area contributed by atoms with E-state index in [1.807, 2.05) is 36.4 Å². The van der Waals surface area contributed by atoms with Crippen LogP contribution in [0.25, 0.3) is 33.3 Å². The van der Waals surface area contributed by atoms with Crippen molar-refractivity contribution in [2.45, 2.75) is 26.7 Å². The van der Waals surface area contributed by atoms with E-state index in [0.29, 0.717) is 39.7 Å². The number of nitrogens with zero attached hydrogens (tertiary/aromatic N) is 1. The number of esters is 2. The first kappa shape index (κ1) is 24.5. The number of rotatable bonds is 10. The fourth-order valence-electron chi connectivity index (χ4n) is 3.81. The van der Waals surface area contributed by atoms with Gasteiger partial charge in [0.25, 0.3) is 0 Å². The molecular formula is C27H26ClNO6. The van der Waals surface area contributed by atoms with Gasteiger partial charge in [0, 0.05) is 5.02 Å². The topological polar surface area (TPSA) is 87.9 Å². The Morgan fingerprint density at radius 2 is 1.66 bits per heavy atom. The number of hydrogen-bond donors (Lipinski definition) is 0. The Kier molecular flexibility index (Phi) is 7.87. The van der Waals surface area contributed by atoms with Crippen molar-refractivity contribution in [2.24, 2.45) is 5.92 Å². The predicted octanol–water partition coefficient (Wildman–Crippen LogP) is 6.20. The van der Waals surface area contributed by atoms with Gasteiger partial charge in [-0.15, -0.1) is 0 Å². The number of hydrogen-bond acceptors (Lipinski definition) is 7. The number of fused-ring (bicyclic) bond motifs is 2. The summed E-state index contributed by atoms with van der Waals surface area (Å²) in [5.41, 5.74) is 1.97. The second-order valence-electron chi connectivity index (χ2n) is 7.87. The molecule has 0 aliphatic carbocycles. The smallest absolute Gasteiger partial charge is 0.320 e. The fourth-order valence-corrected chi connectivity index (χ4v) is 3.98. The Morgan fingerprint density at radius 3 is 2.34 bits per heavy atom. The number of aromatic nitrogens is 1. The van der Waals surface area contributed by atoms with Crippen LogP contribution in [0.15, 0.2) is 59.0 Å². The molecule has 0 fully saturated rings. The monoisotopic (exact) mass is 495 g/mol. The molecule has 0 aliphatic heterocycles. The van der Waals surface area contributed by atoms with E-state index in [-0.39, 0.29) is 26.2 Å². The molecule has 8 heteroatoms. The van der Waals surface area contributed by atoms with Gasteiger partial charge < -0.3 is 18.6 Å². The summed E-state index contributed by atoms with van der Waals surface area (Å²) in [6.45, 7) is 4.06. The van der Waals surface area contributed by atoms with Crippen molar-refractivity contribution in [3.05, 3.63) is 59.6 Å². The summed E-state index contributed by atoms with van der Waals surface area (Å²) < 4.78 is 22.2. The Labute approximate surface area is 207 Å². The molecule has 0 unspecified atom stereocenters. The van der Waals surface area contributed by atoms with Crippen LogP contribution in [0.2, 0.25) is 5.02 Å². The van der Waals surface area contributed by atoms with E-state index < -0.39 is 17.9 Å². The minimum atomic E-state index is -0.976. The van der Waals surface area contributed by atoms with Gasteiger partial charge in [0.05, 0.1) is 25.4 Å². The van der Waals surface area contributed by atoms with Gasteiger partial charge >= 0.3 is 11.9 Å². The minimum Gasteiger partial charge on any atom is -0.493 e. The van der Waals surface area contributed by atoms with E-state index in [9.17, 15) is 9.59 Å². The normalized spacial score (nSPS) is 11.2. The Hall–Kier alpha value is -3.58. The van der Waals surface area contributed by atoms with Gasteiger partial charge in [-0.05, 0) is 67.8 Å². The van der Waals surface area contributed by atoms with Gasteiger partial charge in [-0.3, -0.25) is 9.59 Å². The molecule has 0 spiro atoms. The third-order valence-electron chi connectivity index (χ3n) is 5.46. The van der Waals surface area contributed by atoms with Crippen molar-refractivity contribution < 1.29 is 28.2 Å². The van der Waals surface area contributed by atoms with Gasteiger partial charge in [0.2, 0.25) is 5.89 Å². The molecule has 0 radical (unpaired) electrons. The molecule has 1 aromatic heterocycles. The fraction of sp³-hybridized carbons (Fsp3) is 0.296. The molecule has 0 atom stereocenters. The van der Waals surface area contributed by atoms with E-state index >= 15 is 0 Å². The van der Waals surface area contributed by atoms with Crippen molar-refractivity contribution in [1.29, 1.82) is 0 Å². The summed E-state index contributed by atoms with van der Waals surface area (Å²) in [5.74, 6) is -1.13. The Bertz CT molecular complexity index is 1330. The zero-order chi connectivity index (χ0) is 24.8. The number of benzene rings is 3. The molecule has 3 aromatic carbocycles. The third-order valence-corrected chi connectivity index (χ3v) is 5.70. The molecule has 7 nitrogen and oxygen atoms in total. The summed E-state index contributed by atoms with van der Waals surface area (Å²) in [7, 11) is 0. The molecule has 4 rings (SSSR count). The van der Waals surface area contributed by atoms with Crippen molar-refractivity contribution >= 4 is 45.4 Å². The summed E-state index contributed by atoms with van der Waals surface area (Å²) >= 11 is 6.11. The van der Waals surface area contributed by atoms with Gasteiger partial charge in [-0.25, -0.2) is 4.98 Å². The van der Waals surface area contributed by atoms with Crippen LogP contribution in [0, 0.1) is 5.92 Å². The average Bonchev–Trinajstić information content (AvgIpc) is 3.26. The van der Waals surface area contributed by atoms with Gasteiger partial charge in [-0.2, -0.15) is 0 Å². The summed E-state index contributed by atoms with van der Waals surface area (Å²) in [4.78, 5) is 29.1. The highest BCUT2D eigenvalue weighted by molar-refractivity contribution is 6.31. The number of halogens is 1. The number of oxazole rings is 1. The maximum Gasteiger partial charge on any atom is 0.320 e. The molecule has 182 valence electrons. The summed E-state index contributed by atoms with van der Waals surface area (Å²) in [6, 6.07) is 17.1. The molecule has 0 aliphatic rings. The second-order valence-corrected chi connectivity index (χ2v) is 8.31. The number of carbonyl (C=O) groups is 2. The first-order chi connectivity index (χ1) is 17.0. The lowest BCUT2D eigenvalue weighted by atomic mass is 10.0. The van der Waals surface area contributed by atoms with Crippen LogP contribution in [0.1, 0.15) is 26.7 Å².